The van der Waals surface area contributed by atoms with E-state index in [1.54, 1.807) is 7.11 Å². The summed E-state index contributed by atoms with van der Waals surface area (Å²) in [6, 6.07) is 5.72. The van der Waals surface area contributed by atoms with Crippen molar-refractivity contribution in [3.63, 3.8) is 0 Å². The molecule has 0 saturated heterocycles. The molecule has 136 valence electrons. The Morgan fingerprint density at radius 3 is 2.67 bits per heavy atom. The molecule has 0 spiro atoms. The monoisotopic (exact) mass is 337 g/mol. The van der Waals surface area contributed by atoms with Gasteiger partial charge in [0.2, 0.25) is 0 Å². The Labute approximate surface area is 145 Å². The number of aliphatic hydroxyl groups excluding tert-OH is 1. The van der Waals surface area contributed by atoms with E-state index in [0.29, 0.717) is 18.0 Å². The number of aliphatic imine (C=N–C) groups is 1. The number of rotatable bonds is 11. The second-order valence-electron chi connectivity index (χ2n) is 5.39. The lowest BCUT2D eigenvalue weighted by atomic mass is 10.2. The van der Waals surface area contributed by atoms with E-state index in [9.17, 15) is 0 Å². The Bertz CT molecular complexity index is 492. The Hall–Kier alpha value is -1.95. The third kappa shape index (κ3) is 7.55. The number of guanidine groups is 1. The maximum Gasteiger partial charge on any atom is 0.191 e. The van der Waals surface area contributed by atoms with Crippen LogP contribution in [0.1, 0.15) is 38.7 Å². The molecule has 1 aromatic carbocycles. The van der Waals surface area contributed by atoms with Crippen LogP contribution in [0.25, 0.3) is 0 Å². The Balaban J connectivity index is 2.66. The van der Waals surface area contributed by atoms with Crippen LogP contribution in [0.2, 0.25) is 0 Å². The first kappa shape index (κ1) is 20.1. The molecule has 3 N–H and O–H groups in total. The van der Waals surface area contributed by atoms with Crippen molar-refractivity contribution >= 4 is 5.96 Å². The van der Waals surface area contributed by atoms with Gasteiger partial charge >= 0.3 is 0 Å². The van der Waals surface area contributed by atoms with Gasteiger partial charge in [-0.2, -0.15) is 0 Å². The van der Waals surface area contributed by atoms with E-state index in [0.717, 1.165) is 31.0 Å². The number of aliphatic hydroxyl groups is 1. The third-order valence-electron chi connectivity index (χ3n) is 3.41. The van der Waals surface area contributed by atoms with E-state index in [-0.39, 0.29) is 13.2 Å². The van der Waals surface area contributed by atoms with Gasteiger partial charge in [0, 0.05) is 13.1 Å². The average molecular weight is 337 g/mol. The number of ether oxygens (including phenoxy) is 2. The van der Waals surface area contributed by atoms with Crippen molar-refractivity contribution in [2.75, 3.05) is 33.4 Å². The molecular weight excluding hydrogens is 306 g/mol. The number of methoxy groups -OCH3 is 1. The molecule has 6 heteroatoms. The van der Waals surface area contributed by atoms with Crippen LogP contribution in [0.4, 0.5) is 0 Å². The average Bonchev–Trinajstić information content (AvgIpc) is 2.61. The normalized spacial score (nSPS) is 11.2. The van der Waals surface area contributed by atoms with E-state index < -0.39 is 0 Å². The zero-order chi connectivity index (χ0) is 17.6. The lowest BCUT2D eigenvalue weighted by Crippen LogP contribution is -2.37. The van der Waals surface area contributed by atoms with Crippen molar-refractivity contribution in [2.45, 2.75) is 39.7 Å². The molecule has 0 unspecified atom stereocenters. The summed E-state index contributed by atoms with van der Waals surface area (Å²) in [5, 5.41) is 15.5. The topological polar surface area (TPSA) is 75.1 Å². The summed E-state index contributed by atoms with van der Waals surface area (Å²) < 4.78 is 10.8. The lowest BCUT2D eigenvalue weighted by Gasteiger charge is -2.12. The standard InChI is InChI=1S/C18H31N3O3/c1-4-6-7-10-20-18(19-5-2)21-14-15-8-9-16(24-12-11-22)17(13-15)23-3/h8-9,13,22H,4-7,10-12,14H2,1-3H3,(H2,19,20,21). The van der Waals surface area contributed by atoms with Crippen LogP contribution in [0.5, 0.6) is 11.5 Å². The Morgan fingerprint density at radius 1 is 1.17 bits per heavy atom. The van der Waals surface area contributed by atoms with Gasteiger partial charge in [0.15, 0.2) is 17.5 Å². The maximum absolute atomic E-state index is 8.85. The van der Waals surface area contributed by atoms with E-state index in [2.05, 4.69) is 29.5 Å². The third-order valence-corrected chi connectivity index (χ3v) is 3.41. The van der Waals surface area contributed by atoms with Crippen molar-refractivity contribution in [1.82, 2.24) is 10.6 Å². The summed E-state index contributed by atoms with van der Waals surface area (Å²) in [7, 11) is 1.60. The summed E-state index contributed by atoms with van der Waals surface area (Å²) in [6.07, 6.45) is 3.57. The molecule has 0 aliphatic heterocycles. The smallest absolute Gasteiger partial charge is 0.191 e. The van der Waals surface area contributed by atoms with Gasteiger partial charge in [0.1, 0.15) is 6.61 Å². The van der Waals surface area contributed by atoms with Crippen LogP contribution >= 0.6 is 0 Å². The van der Waals surface area contributed by atoms with Crippen molar-refractivity contribution in [3.05, 3.63) is 23.8 Å². The van der Waals surface area contributed by atoms with E-state index in [1.165, 1.54) is 12.8 Å². The number of benzene rings is 1. The van der Waals surface area contributed by atoms with Gasteiger partial charge in [-0.3, -0.25) is 0 Å². The van der Waals surface area contributed by atoms with Gasteiger partial charge < -0.3 is 25.2 Å². The summed E-state index contributed by atoms with van der Waals surface area (Å²) in [4.78, 5) is 4.61. The Kier molecular flexibility index (Phi) is 10.4. The van der Waals surface area contributed by atoms with Crippen LogP contribution < -0.4 is 20.1 Å². The first-order valence-corrected chi connectivity index (χ1v) is 8.67. The molecule has 0 amide bonds. The highest BCUT2D eigenvalue weighted by molar-refractivity contribution is 5.79. The summed E-state index contributed by atoms with van der Waals surface area (Å²) in [5.41, 5.74) is 1.04. The molecule has 24 heavy (non-hydrogen) atoms. The maximum atomic E-state index is 8.85. The van der Waals surface area contributed by atoms with Crippen molar-refractivity contribution in [2.24, 2.45) is 4.99 Å². The molecule has 0 bridgehead atoms. The summed E-state index contributed by atoms with van der Waals surface area (Å²) in [6.45, 7) is 6.79. The first-order valence-electron chi connectivity index (χ1n) is 8.67. The number of unbranched alkanes of at least 4 members (excludes halogenated alkanes) is 2. The number of nitrogens with zero attached hydrogens (tertiary/aromatic N) is 1. The SMILES string of the molecule is CCCCCNC(=NCc1ccc(OCCO)c(OC)c1)NCC. The summed E-state index contributed by atoms with van der Waals surface area (Å²) >= 11 is 0. The van der Waals surface area contributed by atoms with Crippen molar-refractivity contribution in [1.29, 1.82) is 0 Å². The van der Waals surface area contributed by atoms with Crippen LogP contribution in [0.3, 0.4) is 0 Å². The molecule has 0 heterocycles. The molecule has 0 radical (unpaired) electrons. The lowest BCUT2D eigenvalue weighted by molar-refractivity contribution is 0.196. The zero-order valence-electron chi connectivity index (χ0n) is 15.1. The largest absolute Gasteiger partial charge is 0.493 e. The molecule has 0 aliphatic carbocycles. The first-order chi connectivity index (χ1) is 11.7. The molecule has 0 aromatic heterocycles. The number of hydrogen-bond acceptors (Lipinski definition) is 4. The minimum atomic E-state index is -0.0229. The van der Waals surface area contributed by atoms with Gasteiger partial charge in [0.25, 0.3) is 0 Å². The number of hydrogen-bond donors (Lipinski definition) is 3. The molecule has 0 aliphatic rings. The second-order valence-corrected chi connectivity index (χ2v) is 5.39. The fourth-order valence-corrected chi connectivity index (χ4v) is 2.18. The molecule has 6 nitrogen and oxygen atoms in total. The highest BCUT2D eigenvalue weighted by Crippen LogP contribution is 2.28. The fraction of sp³-hybridized carbons (Fsp3) is 0.611. The van der Waals surface area contributed by atoms with Gasteiger partial charge in [-0.25, -0.2) is 4.99 Å². The van der Waals surface area contributed by atoms with Crippen LogP contribution in [-0.2, 0) is 6.54 Å². The predicted molar refractivity (Wildman–Crippen MR) is 97.9 cm³/mol. The van der Waals surface area contributed by atoms with Crippen LogP contribution in [0.15, 0.2) is 23.2 Å². The molecule has 0 fully saturated rings. The van der Waals surface area contributed by atoms with Crippen LogP contribution in [-0.4, -0.2) is 44.5 Å². The fourth-order valence-electron chi connectivity index (χ4n) is 2.18. The van der Waals surface area contributed by atoms with Gasteiger partial charge in [0.05, 0.1) is 20.3 Å². The molecule has 0 atom stereocenters. The van der Waals surface area contributed by atoms with Crippen molar-refractivity contribution in [3.8, 4) is 11.5 Å². The van der Waals surface area contributed by atoms with E-state index in [1.807, 2.05) is 18.2 Å². The van der Waals surface area contributed by atoms with Gasteiger partial charge in [-0.05, 0) is 31.0 Å². The number of nitrogens with one attached hydrogen (secondary N) is 2. The molecular formula is C18H31N3O3. The zero-order valence-corrected chi connectivity index (χ0v) is 15.1. The van der Waals surface area contributed by atoms with Gasteiger partial charge in [-0.15, -0.1) is 0 Å². The van der Waals surface area contributed by atoms with Gasteiger partial charge in [-0.1, -0.05) is 25.8 Å². The predicted octanol–water partition coefficient (Wildman–Crippen LogP) is 2.31. The highest BCUT2D eigenvalue weighted by atomic mass is 16.5. The second kappa shape index (κ2) is 12.5. The molecule has 0 saturated carbocycles. The molecule has 1 rings (SSSR count). The van der Waals surface area contributed by atoms with Crippen LogP contribution in [0, 0.1) is 0 Å². The minimum absolute atomic E-state index is 0.0229. The minimum Gasteiger partial charge on any atom is -0.493 e. The highest BCUT2D eigenvalue weighted by Gasteiger charge is 2.06. The van der Waals surface area contributed by atoms with E-state index >= 15 is 0 Å². The summed E-state index contributed by atoms with van der Waals surface area (Å²) in [5.74, 6) is 2.11. The Morgan fingerprint density at radius 2 is 2.00 bits per heavy atom. The molecule has 1 aromatic rings. The quantitative estimate of drug-likeness (QED) is 0.328. The van der Waals surface area contributed by atoms with Crippen molar-refractivity contribution < 1.29 is 14.6 Å². The van der Waals surface area contributed by atoms with E-state index in [4.69, 9.17) is 14.6 Å².